The fourth-order valence-corrected chi connectivity index (χ4v) is 1.93. The number of nitrogens with zero attached hydrogens (tertiary/aromatic N) is 2. The van der Waals surface area contributed by atoms with E-state index in [1.54, 1.807) is 13.8 Å². The number of benzene rings is 1. The Bertz CT molecular complexity index is 649. The second-order valence-corrected chi connectivity index (χ2v) is 5.19. The van der Waals surface area contributed by atoms with Crippen LogP contribution in [-0.2, 0) is 4.79 Å². The molecule has 124 valence electrons. The molecule has 0 radical (unpaired) electrons. The lowest BCUT2D eigenvalue weighted by Gasteiger charge is -2.17. The monoisotopic (exact) mass is 325 g/mol. The third-order valence-corrected chi connectivity index (χ3v) is 3.23. The van der Waals surface area contributed by atoms with Crippen LogP contribution in [0.1, 0.15) is 29.8 Å². The van der Waals surface area contributed by atoms with Gasteiger partial charge in [-0.3, -0.25) is 25.0 Å². The van der Waals surface area contributed by atoms with Gasteiger partial charge in [-0.05, 0) is 12.8 Å². The Kier molecular flexibility index (Phi) is 5.34. The van der Waals surface area contributed by atoms with Crippen LogP contribution >= 0.6 is 0 Å². The molecule has 0 saturated carbocycles. The molecule has 1 rings (SSSR count). The molecule has 0 spiro atoms. The van der Waals surface area contributed by atoms with Gasteiger partial charge in [0.05, 0.1) is 15.4 Å². The van der Waals surface area contributed by atoms with Gasteiger partial charge < -0.3 is 10.4 Å². The minimum atomic E-state index is -1.27. The first-order valence-electron chi connectivity index (χ1n) is 6.53. The van der Waals surface area contributed by atoms with Gasteiger partial charge in [0, 0.05) is 12.1 Å². The summed E-state index contributed by atoms with van der Waals surface area (Å²) >= 11 is 0. The third kappa shape index (κ3) is 3.99. The largest absolute Gasteiger partial charge is 0.480 e. The Balaban J connectivity index is 3.31. The number of nitro benzene ring substituents is 2. The molecule has 0 heterocycles. The molecule has 1 aromatic rings. The number of amides is 1. The number of carbonyl (C=O) groups excluding carboxylic acids is 1. The summed E-state index contributed by atoms with van der Waals surface area (Å²) < 4.78 is 0. The zero-order chi connectivity index (χ0) is 17.9. The highest BCUT2D eigenvalue weighted by Crippen LogP contribution is 2.29. The van der Waals surface area contributed by atoms with Crippen LogP contribution in [0, 0.1) is 33.1 Å². The van der Waals surface area contributed by atoms with Crippen molar-refractivity contribution in [1.29, 1.82) is 0 Å². The molecule has 2 N–H and O–H groups in total. The van der Waals surface area contributed by atoms with Crippen molar-refractivity contribution in [3.05, 3.63) is 43.5 Å². The van der Waals surface area contributed by atoms with Crippen LogP contribution in [0.3, 0.4) is 0 Å². The zero-order valence-corrected chi connectivity index (χ0v) is 12.6. The molecule has 10 nitrogen and oxygen atoms in total. The molecule has 1 aromatic carbocycles. The molecular formula is C13H15N3O7. The van der Waals surface area contributed by atoms with Crippen molar-refractivity contribution in [2.45, 2.75) is 26.8 Å². The molecule has 0 aliphatic rings. The smallest absolute Gasteiger partial charge is 0.326 e. The number of hydrogen-bond donors (Lipinski definition) is 2. The molecule has 0 saturated heterocycles. The van der Waals surface area contributed by atoms with E-state index in [0.29, 0.717) is 0 Å². The standard InChI is InChI=1S/C13H15N3O7/c1-6(2)11(13(18)19)14-12(17)8-4-9(15(20)21)7(3)10(5-8)16(22)23/h4-6,11H,1-3H3,(H,14,17)(H,18,19). The summed E-state index contributed by atoms with van der Waals surface area (Å²) in [6.45, 7) is 4.34. The van der Waals surface area contributed by atoms with Gasteiger partial charge in [0.25, 0.3) is 17.3 Å². The number of nitro groups is 2. The topological polar surface area (TPSA) is 153 Å². The van der Waals surface area contributed by atoms with E-state index in [4.69, 9.17) is 5.11 Å². The number of carboxylic acid groups (broad SMARTS) is 1. The maximum Gasteiger partial charge on any atom is 0.326 e. The van der Waals surface area contributed by atoms with Gasteiger partial charge >= 0.3 is 5.97 Å². The summed E-state index contributed by atoms with van der Waals surface area (Å²) in [6.07, 6.45) is 0. The van der Waals surface area contributed by atoms with Crippen molar-refractivity contribution in [2.75, 3.05) is 0 Å². The van der Waals surface area contributed by atoms with Gasteiger partial charge in [0.15, 0.2) is 0 Å². The number of aliphatic carboxylic acids is 1. The van der Waals surface area contributed by atoms with Gasteiger partial charge in [-0.2, -0.15) is 0 Å². The number of carbonyl (C=O) groups is 2. The lowest BCUT2D eigenvalue weighted by atomic mass is 10.0. The van der Waals surface area contributed by atoms with Crippen molar-refractivity contribution >= 4 is 23.3 Å². The molecule has 10 heteroatoms. The van der Waals surface area contributed by atoms with E-state index in [2.05, 4.69) is 5.32 Å². The van der Waals surface area contributed by atoms with E-state index in [-0.39, 0.29) is 11.1 Å². The molecule has 0 aliphatic carbocycles. The van der Waals surface area contributed by atoms with E-state index in [1.165, 1.54) is 6.92 Å². The van der Waals surface area contributed by atoms with Crippen molar-refractivity contribution in [3.8, 4) is 0 Å². The SMILES string of the molecule is Cc1c([N+](=O)[O-])cc(C(=O)NC(C(=O)O)C(C)C)cc1[N+](=O)[O-]. The van der Waals surface area contributed by atoms with Gasteiger partial charge in [0.1, 0.15) is 11.6 Å². The fraction of sp³-hybridized carbons (Fsp3) is 0.385. The number of rotatable bonds is 6. The van der Waals surface area contributed by atoms with Crippen molar-refractivity contribution < 1.29 is 24.5 Å². The van der Waals surface area contributed by atoms with Crippen LogP contribution < -0.4 is 5.32 Å². The highest BCUT2D eigenvalue weighted by molar-refractivity contribution is 5.98. The Morgan fingerprint density at radius 1 is 1.13 bits per heavy atom. The van der Waals surface area contributed by atoms with Crippen LogP contribution in [0.2, 0.25) is 0 Å². The van der Waals surface area contributed by atoms with Crippen molar-refractivity contribution in [2.24, 2.45) is 5.92 Å². The highest BCUT2D eigenvalue weighted by Gasteiger charge is 2.28. The van der Waals surface area contributed by atoms with Gasteiger partial charge in [0.2, 0.25) is 0 Å². The number of hydrogen-bond acceptors (Lipinski definition) is 6. The van der Waals surface area contributed by atoms with Crippen LogP contribution in [0.4, 0.5) is 11.4 Å². The molecule has 1 amide bonds. The quantitative estimate of drug-likeness (QED) is 0.595. The van der Waals surface area contributed by atoms with E-state index >= 15 is 0 Å². The van der Waals surface area contributed by atoms with Crippen LogP contribution in [-0.4, -0.2) is 32.9 Å². The first-order chi connectivity index (χ1) is 10.6. The van der Waals surface area contributed by atoms with E-state index in [9.17, 15) is 29.8 Å². The average molecular weight is 325 g/mol. The number of carboxylic acids is 1. The Labute approximate surface area is 130 Å². The minimum Gasteiger partial charge on any atom is -0.480 e. The molecule has 0 fully saturated rings. The summed E-state index contributed by atoms with van der Waals surface area (Å²) in [4.78, 5) is 43.4. The lowest BCUT2D eigenvalue weighted by Crippen LogP contribution is -2.44. The maximum atomic E-state index is 12.1. The summed E-state index contributed by atoms with van der Waals surface area (Å²) in [7, 11) is 0. The first kappa shape index (κ1) is 18.0. The summed E-state index contributed by atoms with van der Waals surface area (Å²) in [6, 6.07) is 0.551. The Morgan fingerprint density at radius 2 is 1.57 bits per heavy atom. The first-order valence-corrected chi connectivity index (χ1v) is 6.53. The summed E-state index contributed by atoms with van der Waals surface area (Å²) in [5.41, 5.74) is -1.70. The predicted molar refractivity (Wildman–Crippen MR) is 78.2 cm³/mol. The van der Waals surface area contributed by atoms with Gasteiger partial charge in [-0.1, -0.05) is 13.8 Å². The predicted octanol–water partition coefficient (Wildman–Crippen LogP) is 1.65. The normalized spacial score (nSPS) is 11.8. The number of nitrogens with one attached hydrogen (secondary N) is 1. The molecular weight excluding hydrogens is 310 g/mol. The summed E-state index contributed by atoms with van der Waals surface area (Å²) in [5.74, 6) is -2.64. The molecule has 0 aliphatic heterocycles. The highest BCUT2D eigenvalue weighted by atomic mass is 16.6. The van der Waals surface area contributed by atoms with Crippen LogP contribution in [0.25, 0.3) is 0 Å². The minimum absolute atomic E-state index is 0.185. The molecule has 0 bridgehead atoms. The zero-order valence-electron chi connectivity index (χ0n) is 12.6. The lowest BCUT2D eigenvalue weighted by molar-refractivity contribution is -0.395. The van der Waals surface area contributed by atoms with Crippen molar-refractivity contribution in [1.82, 2.24) is 5.32 Å². The molecule has 0 aromatic heterocycles. The summed E-state index contributed by atoms with van der Waals surface area (Å²) in [5, 5.41) is 33.2. The Hall–Kier alpha value is -3.04. The fourth-order valence-electron chi connectivity index (χ4n) is 1.93. The maximum absolute atomic E-state index is 12.1. The van der Waals surface area contributed by atoms with E-state index in [0.717, 1.165) is 12.1 Å². The Morgan fingerprint density at radius 3 is 1.87 bits per heavy atom. The van der Waals surface area contributed by atoms with Gasteiger partial charge in [-0.15, -0.1) is 0 Å². The molecule has 23 heavy (non-hydrogen) atoms. The van der Waals surface area contributed by atoms with Crippen LogP contribution in [0.15, 0.2) is 12.1 Å². The van der Waals surface area contributed by atoms with E-state index in [1.807, 2.05) is 0 Å². The van der Waals surface area contributed by atoms with Crippen molar-refractivity contribution in [3.63, 3.8) is 0 Å². The van der Waals surface area contributed by atoms with E-state index < -0.39 is 45.1 Å². The van der Waals surface area contributed by atoms with Gasteiger partial charge in [-0.25, -0.2) is 4.79 Å². The second-order valence-electron chi connectivity index (χ2n) is 5.19. The molecule has 1 atom stereocenters. The molecule has 1 unspecified atom stereocenters. The third-order valence-electron chi connectivity index (χ3n) is 3.23. The average Bonchev–Trinajstić information content (AvgIpc) is 2.43. The second kappa shape index (κ2) is 6.81. The van der Waals surface area contributed by atoms with Crippen LogP contribution in [0.5, 0.6) is 0 Å².